The first kappa shape index (κ1) is 13.1. The van der Waals surface area contributed by atoms with Gasteiger partial charge in [0.05, 0.1) is 19.5 Å². The Morgan fingerprint density at radius 2 is 1.82 bits per heavy atom. The first-order chi connectivity index (χ1) is 8.16. The van der Waals surface area contributed by atoms with Gasteiger partial charge in [-0.15, -0.1) is 0 Å². The molecule has 0 amide bonds. The molecule has 2 heteroatoms. The van der Waals surface area contributed by atoms with Crippen molar-refractivity contribution in [1.82, 2.24) is 0 Å². The molecule has 17 heavy (non-hydrogen) atoms. The predicted molar refractivity (Wildman–Crippen MR) is 72.2 cm³/mol. The fraction of sp³-hybridized carbons (Fsp3) is 0.867. The van der Waals surface area contributed by atoms with E-state index in [0.29, 0.717) is 0 Å². The molecule has 3 atom stereocenters. The van der Waals surface area contributed by atoms with Crippen molar-refractivity contribution >= 4 is 0 Å². The van der Waals surface area contributed by atoms with Gasteiger partial charge < -0.3 is 0 Å². The second-order valence-electron chi connectivity index (χ2n) is 6.42. The number of rotatable bonds is 5. The summed E-state index contributed by atoms with van der Waals surface area (Å²) < 4.78 is 0. The lowest BCUT2D eigenvalue weighted by Gasteiger charge is -2.30. The van der Waals surface area contributed by atoms with Gasteiger partial charge in [0, 0.05) is 6.42 Å². The number of hydrogen-bond donors (Lipinski definition) is 2. The van der Waals surface area contributed by atoms with Crippen LogP contribution in [-0.2, 0) is 0 Å². The third-order valence-electron chi connectivity index (χ3n) is 4.60. The highest BCUT2D eigenvalue weighted by Crippen LogP contribution is 2.12. The molecule has 2 heterocycles. The van der Waals surface area contributed by atoms with E-state index >= 15 is 0 Å². The number of allylic oxidation sites excluding steroid dienone is 2. The molecule has 2 aliphatic heterocycles. The summed E-state index contributed by atoms with van der Waals surface area (Å²) in [7, 11) is 0. The molecule has 0 aromatic carbocycles. The normalized spacial score (nSPS) is 33.5. The third-order valence-corrected chi connectivity index (χ3v) is 4.60. The van der Waals surface area contributed by atoms with E-state index in [9.17, 15) is 0 Å². The average Bonchev–Trinajstić information content (AvgIpc) is 2.50. The Bertz CT molecular complexity index is 252. The molecule has 0 radical (unpaired) electrons. The van der Waals surface area contributed by atoms with E-state index in [1.165, 1.54) is 57.4 Å². The highest BCUT2D eigenvalue weighted by molar-refractivity contribution is 4.92. The smallest absolute Gasteiger partial charge is 0.214 e. The van der Waals surface area contributed by atoms with E-state index in [4.69, 9.17) is 0 Å². The van der Waals surface area contributed by atoms with E-state index in [1.807, 2.05) is 9.80 Å². The Morgan fingerprint density at radius 3 is 2.41 bits per heavy atom. The van der Waals surface area contributed by atoms with Crippen LogP contribution in [0, 0.1) is 5.92 Å². The highest BCUT2D eigenvalue weighted by atomic mass is 15.4. The van der Waals surface area contributed by atoms with Crippen molar-refractivity contribution < 1.29 is 9.80 Å². The lowest BCUT2D eigenvalue weighted by molar-refractivity contribution is -1.08. The second kappa shape index (κ2) is 6.01. The summed E-state index contributed by atoms with van der Waals surface area (Å²) in [6, 6.07) is 0. The second-order valence-corrected chi connectivity index (χ2v) is 6.42. The van der Waals surface area contributed by atoms with E-state index in [-0.39, 0.29) is 0 Å². The van der Waals surface area contributed by atoms with Crippen molar-refractivity contribution in [2.24, 2.45) is 5.92 Å². The SMILES string of the molecule is CC(C)=CCC[C@H](C)CC1[NH+]2CCC[NH+]1CC2. The van der Waals surface area contributed by atoms with Crippen LogP contribution in [0.1, 0.15) is 46.5 Å². The molecule has 2 nitrogen and oxygen atoms in total. The topological polar surface area (TPSA) is 8.88 Å². The first-order valence-corrected chi connectivity index (χ1v) is 7.49. The van der Waals surface area contributed by atoms with E-state index < -0.39 is 0 Å². The molecule has 2 rings (SSSR count). The van der Waals surface area contributed by atoms with Gasteiger partial charge >= 0.3 is 0 Å². The van der Waals surface area contributed by atoms with Gasteiger partial charge in [0.2, 0.25) is 6.17 Å². The average molecular weight is 238 g/mol. The van der Waals surface area contributed by atoms with Crippen molar-refractivity contribution in [3.63, 3.8) is 0 Å². The number of nitrogens with one attached hydrogen (secondary N) is 2. The largest absolute Gasteiger partial charge is 0.281 e. The maximum absolute atomic E-state index is 2.45. The number of hydrogen-bond acceptors (Lipinski definition) is 0. The summed E-state index contributed by atoms with van der Waals surface area (Å²) in [5.74, 6) is 0.900. The zero-order chi connectivity index (χ0) is 12.3. The molecule has 2 fully saturated rings. The zero-order valence-electron chi connectivity index (χ0n) is 11.9. The van der Waals surface area contributed by atoms with Gasteiger partial charge in [0.25, 0.3) is 0 Å². The van der Waals surface area contributed by atoms with Crippen molar-refractivity contribution in [2.45, 2.75) is 52.6 Å². The molecule has 98 valence electrons. The van der Waals surface area contributed by atoms with Crippen LogP contribution < -0.4 is 9.80 Å². The quantitative estimate of drug-likeness (QED) is 0.637. The van der Waals surface area contributed by atoms with Gasteiger partial charge in [-0.2, -0.15) is 0 Å². The molecule has 0 aromatic heterocycles. The summed E-state index contributed by atoms with van der Waals surface area (Å²) in [5.41, 5.74) is 1.47. The minimum atomic E-state index is 0.900. The van der Waals surface area contributed by atoms with Crippen LogP contribution in [0.4, 0.5) is 0 Å². The van der Waals surface area contributed by atoms with Crippen LogP contribution in [0.15, 0.2) is 11.6 Å². The summed E-state index contributed by atoms with van der Waals surface area (Å²) in [5, 5.41) is 0. The monoisotopic (exact) mass is 238 g/mol. The first-order valence-electron chi connectivity index (χ1n) is 7.49. The minimum Gasteiger partial charge on any atom is -0.281 e. The van der Waals surface area contributed by atoms with E-state index in [0.717, 1.165) is 12.1 Å². The molecule has 2 saturated heterocycles. The molecule has 0 spiro atoms. The molecule has 0 aliphatic carbocycles. The maximum atomic E-state index is 2.45. The molecular weight excluding hydrogens is 208 g/mol. The Balaban J connectivity index is 1.75. The van der Waals surface area contributed by atoms with Crippen molar-refractivity contribution in [1.29, 1.82) is 0 Å². The van der Waals surface area contributed by atoms with Crippen molar-refractivity contribution in [3.8, 4) is 0 Å². The van der Waals surface area contributed by atoms with Crippen LogP contribution in [0.25, 0.3) is 0 Å². The lowest BCUT2D eigenvalue weighted by Crippen LogP contribution is -3.31. The van der Waals surface area contributed by atoms with E-state index in [1.54, 1.807) is 0 Å². The minimum absolute atomic E-state index is 0.900. The molecular formula is C15H30N2+2. The Hall–Kier alpha value is -0.340. The number of fused-ring (bicyclic) bond motifs is 2. The Labute approximate surface area is 107 Å². The summed E-state index contributed by atoms with van der Waals surface area (Å²) in [6.45, 7) is 12.6. The van der Waals surface area contributed by atoms with Gasteiger partial charge in [-0.3, -0.25) is 9.80 Å². The van der Waals surface area contributed by atoms with Crippen LogP contribution >= 0.6 is 0 Å². The standard InChI is InChI=1S/C15H28N2/c1-13(2)6-4-7-14(3)12-15-16-8-5-9-17(15)11-10-16/h6,14-15H,4-5,7-12H2,1-3H3/p+2/t14-/m0/s1. The van der Waals surface area contributed by atoms with Crippen LogP contribution in [-0.4, -0.2) is 32.3 Å². The van der Waals surface area contributed by atoms with Gasteiger partial charge in [0.1, 0.15) is 13.1 Å². The lowest BCUT2D eigenvalue weighted by atomic mass is 9.98. The third kappa shape index (κ3) is 3.56. The summed E-state index contributed by atoms with van der Waals surface area (Å²) in [6.07, 6.45) is 8.88. The fourth-order valence-electron chi connectivity index (χ4n) is 3.61. The molecule has 2 aliphatic rings. The van der Waals surface area contributed by atoms with Gasteiger partial charge in [-0.05, 0) is 32.6 Å². The summed E-state index contributed by atoms with van der Waals surface area (Å²) >= 11 is 0. The number of quaternary nitrogens is 2. The van der Waals surface area contributed by atoms with Crippen molar-refractivity contribution in [2.75, 3.05) is 26.2 Å². The zero-order valence-corrected chi connectivity index (χ0v) is 11.9. The van der Waals surface area contributed by atoms with Gasteiger partial charge in [-0.25, -0.2) is 0 Å². The molecule has 2 N–H and O–H groups in total. The molecule has 0 saturated carbocycles. The fourth-order valence-corrected chi connectivity index (χ4v) is 3.61. The van der Waals surface area contributed by atoms with E-state index in [2.05, 4.69) is 26.8 Å². The van der Waals surface area contributed by atoms with Gasteiger partial charge in [0.15, 0.2) is 0 Å². The van der Waals surface area contributed by atoms with Crippen LogP contribution in [0.3, 0.4) is 0 Å². The predicted octanol–water partition coefficient (Wildman–Crippen LogP) is 0.272. The molecule has 0 aromatic rings. The Kier molecular flexibility index (Phi) is 4.63. The molecule has 2 bridgehead atoms. The van der Waals surface area contributed by atoms with Crippen molar-refractivity contribution in [3.05, 3.63) is 11.6 Å². The molecule has 2 unspecified atom stereocenters. The van der Waals surface area contributed by atoms with Gasteiger partial charge in [-0.1, -0.05) is 18.6 Å². The van der Waals surface area contributed by atoms with Crippen LogP contribution in [0.5, 0.6) is 0 Å². The maximum Gasteiger partial charge on any atom is 0.214 e. The van der Waals surface area contributed by atoms with Crippen LogP contribution in [0.2, 0.25) is 0 Å². The highest BCUT2D eigenvalue weighted by Gasteiger charge is 2.42. The summed E-state index contributed by atoms with van der Waals surface area (Å²) in [4.78, 5) is 3.81. The Morgan fingerprint density at radius 1 is 1.18 bits per heavy atom.